The summed E-state index contributed by atoms with van der Waals surface area (Å²) < 4.78 is 59.8. The van der Waals surface area contributed by atoms with Gasteiger partial charge in [0, 0.05) is 26.2 Å². The monoisotopic (exact) mass is 428 g/mol. The van der Waals surface area contributed by atoms with Gasteiger partial charge in [-0.25, -0.2) is 12.7 Å². The maximum atomic E-state index is 12.5. The summed E-state index contributed by atoms with van der Waals surface area (Å²) in [7, 11) is 0.505. The number of hydrogen-bond acceptors (Lipinski definition) is 5. The third-order valence-electron chi connectivity index (χ3n) is 4.02. The zero-order valence-corrected chi connectivity index (χ0v) is 17.0. The van der Waals surface area contributed by atoms with Gasteiger partial charge in [0.25, 0.3) is 5.91 Å². The minimum Gasteiger partial charge on any atom is -0.493 e. The number of methoxy groups -OCH3 is 1. The fourth-order valence-corrected chi connectivity index (χ4v) is 3.44. The van der Waals surface area contributed by atoms with Crippen molar-refractivity contribution in [1.29, 1.82) is 0 Å². The zero-order valence-electron chi connectivity index (χ0n) is 16.2. The predicted molar refractivity (Wildman–Crippen MR) is 103 cm³/mol. The Morgan fingerprint density at radius 3 is 2.48 bits per heavy atom. The Balaban J connectivity index is 2.04. The van der Waals surface area contributed by atoms with Crippen molar-refractivity contribution in [2.45, 2.75) is 17.9 Å². The number of hydrogen-bond donors (Lipinski definition) is 1. The first kappa shape index (κ1) is 22.6. The van der Waals surface area contributed by atoms with Gasteiger partial charge in [0.2, 0.25) is 10.0 Å². The molecular weight excluding hydrogens is 406 g/mol. The summed E-state index contributed by atoms with van der Waals surface area (Å²) in [5.74, 6) is -0.358. The molecule has 29 heavy (non-hydrogen) atoms. The van der Waals surface area contributed by atoms with Crippen LogP contribution in [0.25, 0.3) is 0 Å². The van der Waals surface area contributed by atoms with Crippen LogP contribution >= 0.6 is 0 Å². The topological polar surface area (TPSA) is 84.9 Å². The van der Waals surface area contributed by atoms with Crippen molar-refractivity contribution in [1.82, 2.24) is 9.62 Å². The average Bonchev–Trinajstić information content (AvgIpc) is 2.67. The Labute approximate surface area is 168 Å². The van der Waals surface area contributed by atoms with Gasteiger partial charge in [-0.3, -0.25) is 4.79 Å². The first-order chi connectivity index (χ1) is 13.6. The molecule has 0 atom stereocenters. The Kier molecular flexibility index (Phi) is 7.52. The lowest BCUT2D eigenvalue weighted by atomic mass is 10.1. The van der Waals surface area contributed by atoms with Crippen molar-refractivity contribution >= 4 is 15.9 Å². The van der Waals surface area contributed by atoms with Crippen LogP contribution in [0.2, 0.25) is 0 Å². The van der Waals surface area contributed by atoms with Crippen molar-refractivity contribution in [3.63, 3.8) is 0 Å². The van der Waals surface area contributed by atoms with Gasteiger partial charge >= 0.3 is 6.61 Å². The summed E-state index contributed by atoms with van der Waals surface area (Å²) in [6.45, 7) is -2.77. The molecule has 1 N–H and O–H groups in total. The number of benzene rings is 2. The molecule has 2 rings (SSSR count). The number of sulfonamides is 1. The first-order valence-corrected chi connectivity index (χ1v) is 10.0. The molecule has 10 heteroatoms. The molecule has 0 bridgehead atoms. The molecule has 0 aliphatic rings. The molecule has 0 unspecified atom stereocenters. The third kappa shape index (κ3) is 5.88. The highest BCUT2D eigenvalue weighted by atomic mass is 32.2. The van der Waals surface area contributed by atoms with Crippen molar-refractivity contribution in [3.8, 4) is 11.5 Å². The zero-order chi connectivity index (χ0) is 21.6. The first-order valence-electron chi connectivity index (χ1n) is 8.57. The van der Waals surface area contributed by atoms with Crippen LogP contribution in [-0.4, -0.2) is 53.0 Å². The number of rotatable bonds is 9. The van der Waals surface area contributed by atoms with Gasteiger partial charge in [-0.05, 0) is 42.3 Å². The van der Waals surface area contributed by atoms with E-state index in [0.29, 0.717) is 12.0 Å². The van der Waals surface area contributed by atoms with Gasteiger partial charge in [-0.15, -0.1) is 0 Å². The highest BCUT2D eigenvalue weighted by Gasteiger charge is 2.18. The lowest BCUT2D eigenvalue weighted by Gasteiger charge is -2.13. The summed E-state index contributed by atoms with van der Waals surface area (Å²) in [4.78, 5) is 12.3. The lowest BCUT2D eigenvalue weighted by Crippen LogP contribution is -2.26. The van der Waals surface area contributed by atoms with Gasteiger partial charge in [0.1, 0.15) is 0 Å². The predicted octanol–water partition coefficient (Wildman–Crippen LogP) is 2.52. The molecule has 2 aromatic carbocycles. The highest BCUT2D eigenvalue weighted by Crippen LogP contribution is 2.29. The number of halogens is 2. The number of nitrogens with one attached hydrogen (secondary N) is 1. The molecule has 0 radical (unpaired) electrons. The Morgan fingerprint density at radius 2 is 1.86 bits per heavy atom. The van der Waals surface area contributed by atoms with E-state index < -0.39 is 22.5 Å². The summed E-state index contributed by atoms with van der Waals surface area (Å²) in [6.07, 6.45) is 0.352. The molecular formula is C19H22F2N2O5S. The minimum atomic E-state index is -3.65. The summed E-state index contributed by atoms with van der Waals surface area (Å²) in [6, 6.07) is 10.3. The number of carbonyl (C=O) groups excluding carboxylic acids is 1. The Bertz CT molecular complexity index is 965. The maximum absolute atomic E-state index is 12.5. The SMILES string of the molecule is COc1ccc(CCNC(=O)c2cccc(S(=O)(=O)N(C)C)c2)cc1OC(F)F. The average molecular weight is 428 g/mol. The Morgan fingerprint density at radius 1 is 1.14 bits per heavy atom. The normalized spacial score (nSPS) is 11.6. The smallest absolute Gasteiger partial charge is 0.387 e. The molecule has 0 saturated heterocycles. The molecule has 0 aromatic heterocycles. The second-order valence-corrected chi connectivity index (χ2v) is 8.34. The number of alkyl halides is 2. The van der Waals surface area contributed by atoms with Crippen LogP contribution in [0.4, 0.5) is 8.78 Å². The number of ether oxygens (including phenoxy) is 2. The highest BCUT2D eigenvalue weighted by molar-refractivity contribution is 7.89. The van der Waals surface area contributed by atoms with Crippen molar-refractivity contribution in [2.75, 3.05) is 27.7 Å². The Hall–Kier alpha value is -2.72. The fourth-order valence-electron chi connectivity index (χ4n) is 2.50. The van der Waals surface area contributed by atoms with Crippen molar-refractivity contribution < 1.29 is 31.5 Å². The van der Waals surface area contributed by atoms with Crippen LogP contribution in [0.1, 0.15) is 15.9 Å². The van der Waals surface area contributed by atoms with E-state index in [2.05, 4.69) is 10.1 Å². The second kappa shape index (κ2) is 9.66. The molecule has 0 aliphatic heterocycles. The van der Waals surface area contributed by atoms with Gasteiger partial charge in [0.15, 0.2) is 11.5 Å². The summed E-state index contributed by atoms with van der Waals surface area (Å²) >= 11 is 0. The van der Waals surface area contributed by atoms with Crippen LogP contribution in [0.15, 0.2) is 47.4 Å². The van der Waals surface area contributed by atoms with E-state index in [1.54, 1.807) is 6.07 Å². The molecule has 0 aliphatic carbocycles. The molecule has 0 fully saturated rings. The summed E-state index contributed by atoms with van der Waals surface area (Å²) in [5, 5.41) is 2.68. The largest absolute Gasteiger partial charge is 0.493 e. The lowest BCUT2D eigenvalue weighted by molar-refractivity contribution is -0.0512. The fraction of sp³-hybridized carbons (Fsp3) is 0.316. The van der Waals surface area contributed by atoms with Gasteiger partial charge in [0.05, 0.1) is 12.0 Å². The standard InChI is InChI=1S/C19H22F2N2O5S/c1-23(2)29(25,26)15-6-4-5-14(12-15)18(24)22-10-9-13-7-8-16(27-3)17(11-13)28-19(20)21/h4-8,11-12,19H,9-10H2,1-3H3,(H,22,24). The van der Waals surface area contributed by atoms with Crippen molar-refractivity contribution in [2.24, 2.45) is 0 Å². The number of amides is 1. The quantitative estimate of drug-likeness (QED) is 0.664. The van der Waals surface area contributed by atoms with Crippen LogP contribution in [0.3, 0.4) is 0 Å². The van der Waals surface area contributed by atoms with Gasteiger partial charge in [-0.2, -0.15) is 8.78 Å². The van der Waals surface area contributed by atoms with E-state index >= 15 is 0 Å². The molecule has 2 aromatic rings. The molecule has 0 heterocycles. The number of carbonyl (C=O) groups is 1. The van der Waals surface area contributed by atoms with Gasteiger partial charge in [-0.1, -0.05) is 12.1 Å². The van der Waals surface area contributed by atoms with E-state index in [1.807, 2.05) is 0 Å². The van der Waals surface area contributed by atoms with E-state index in [4.69, 9.17) is 4.74 Å². The van der Waals surface area contributed by atoms with Crippen molar-refractivity contribution in [3.05, 3.63) is 53.6 Å². The van der Waals surface area contributed by atoms with Crippen LogP contribution in [-0.2, 0) is 16.4 Å². The van der Waals surface area contributed by atoms with E-state index in [9.17, 15) is 22.0 Å². The molecule has 1 amide bonds. The van der Waals surface area contributed by atoms with E-state index in [1.165, 1.54) is 57.6 Å². The molecule has 0 spiro atoms. The number of nitrogens with zero attached hydrogens (tertiary/aromatic N) is 1. The third-order valence-corrected chi connectivity index (χ3v) is 5.83. The van der Waals surface area contributed by atoms with Crippen LogP contribution in [0, 0.1) is 0 Å². The molecule has 158 valence electrons. The molecule has 0 saturated carbocycles. The van der Waals surface area contributed by atoms with E-state index in [0.717, 1.165) is 4.31 Å². The summed E-state index contributed by atoms with van der Waals surface area (Å²) in [5.41, 5.74) is 0.857. The molecule has 7 nitrogen and oxygen atoms in total. The van der Waals surface area contributed by atoms with Crippen LogP contribution in [0.5, 0.6) is 11.5 Å². The van der Waals surface area contributed by atoms with Gasteiger partial charge < -0.3 is 14.8 Å². The van der Waals surface area contributed by atoms with Crippen LogP contribution < -0.4 is 14.8 Å². The maximum Gasteiger partial charge on any atom is 0.387 e. The minimum absolute atomic E-state index is 0.0131. The second-order valence-electron chi connectivity index (χ2n) is 6.18. The van der Waals surface area contributed by atoms with E-state index in [-0.39, 0.29) is 28.5 Å².